The van der Waals surface area contributed by atoms with Crippen LogP contribution in [-0.4, -0.2) is 10.1 Å². The summed E-state index contributed by atoms with van der Waals surface area (Å²) in [6.45, 7) is 0. The Morgan fingerprint density at radius 1 is 1.08 bits per heavy atom. The first-order chi connectivity index (χ1) is 12.1. The number of aromatic amines is 1. The van der Waals surface area contributed by atoms with E-state index in [0.717, 1.165) is 22.1 Å². The fourth-order valence-electron chi connectivity index (χ4n) is 3.04. The number of benzene rings is 2. The molecule has 0 unspecified atom stereocenters. The molecule has 0 saturated heterocycles. The third-order valence-corrected chi connectivity index (χ3v) is 4.45. The van der Waals surface area contributed by atoms with Crippen LogP contribution in [0.15, 0.2) is 70.3 Å². The van der Waals surface area contributed by atoms with E-state index in [1.807, 2.05) is 30.3 Å². The molecule has 0 aliphatic carbocycles. The minimum atomic E-state index is -0.191. The van der Waals surface area contributed by atoms with Crippen LogP contribution in [-0.2, 0) is 6.42 Å². The van der Waals surface area contributed by atoms with E-state index in [0.29, 0.717) is 22.5 Å². The van der Waals surface area contributed by atoms with Gasteiger partial charge in [0.2, 0.25) is 0 Å². The summed E-state index contributed by atoms with van der Waals surface area (Å²) in [7, 11) is 0. The molecule has 0 atom stereocenters. The van der Waals surface area contributed by atoms with Crippen LogP contribution in [0.5, 0.6) is 5.75 Å². The third-order valence-electron chi connectivity index (χ3n) is 4.20. The summed E-state index contributed by atoms with van der Waals surface area (Å²) in [5, 5.41) is 11.2. The van der Waals surface area contributed by atoms with Gasteiger partial charge in [0.1, 0.15) is 5.75 Å². The first kappa shape index (κ1) is 15.5. The number of H-pyrrole nitrogens is 1. The molecule has 0 spiro atoms. The summed E-state index contributed by atoms with van der Waals surface area (Å²) < 4.78 is 5.22. The number of aromatic nitrogens is 1. The van der Waals surface area contributed by atoms with Crippen LogP contribution in [0.25, 0.3) is 22.0 Å². The monoisotopic (exact) mass is 351 g/mol. The lowest BCUT2D eigenvalue weighted by Crippen LogP contribution is -2.15. The van der Waals surface area contributed by atoms with Crippen LogP contribution in [0.1, 0.15) is 11.1 Å². The molecule has 0 aliphatic rings. The molecule has 4 aromatic rings. The summed E-state index contributed by atoms with van der Waals surface area (Å²) in [6, 6.07) is 14.2. The minimum absolute atomic E-state index is 0.103. The molecule has 2 aromatic heterocycles. The quantitative estimate of drug-likeness (QED) is 0.560. The van der Waals surface area contributed by atoms with Gasteiger partial charge in [-0.2, -0.15) is 0 Å². The van der Waals surface area contributed by atoms with Crippen LogP contribution >= 0.6 is 11.6 Å². The molecule has 2 aromatic carbocycles. The Bertz CT molecular complexity index is 1100. The van der Waals surface area contributed by atoms with Gasteiger partial charge in [0.15, 0.2) is 0 Å². The summed E-state index contributed by atoms with van der Waals surface area (Å²) in [5.41, 5.74) is 3.65. The van der Waals surface area contributed by atoms with Crippen LogP contribution in [0.3, 0.4) is 0 Å². The maximum absolute atomic E-state index is 12.7. The predicted octanol–water partition coefficient (Wildman–Crippen LogP) is 4.74. The molecule has 5 heteroatoms. The lowest BCUT2D eigenvalue weighted by molar-refractivity contribution is 0.476. The second kappa shape index (κ2) is 6.15. The van der Waals surface area contributed by atoms with Crippen molar-refractivity contribution < 1.29 is 9.52 Å². The van der Waals surface area contributed by atoms with E-state index >= 15 is 0 Å². The van der Waals surface area contributed by atoms with E-state index in [9.17, 15) is 9.90 Å². The van der Waals surface area contributed by atoms with Crippen LogP contribution in [0, 0.1) is 0 Å². The highest BCUT2D eigenvalue weighted by molar-refractivity contribution is 6.30. The van der Waals surface area contributed by atoms with Crippen LogP contribution < -0.4 is 5.56 Å². The van der Waals surface area contributed by atoms with Gasteiger partial charge in [0.25, 0.3) is 5.56 Å². The van der Waals surface area contributed by atoms with Gasteiger partial charge in [-0.05, 0) is 35.9 Å². The standard InChI is InChI=1S/C20H14ClNO3/c21-14-3-1-12(2-4-14)9-17-19(13-7-8-25-11-13)16-6-5-15(23)10-18(16)22-20(17)24/h1-8,10-11,23H,9H2,(H,22,24). The van der Waals surface area contributed by atoms with Gasteiger partial charge in [-0.25, -0.2) is 0 Å². The molecule has 0 radical (unpaired) electrons. The molecule has 0 aliphatic heterocycles. The van der Waals surface area contributed by atoms with E-state index < -0.39 is 0 Å². The Kier molecular flexibility index (Phi) is 3.82. The predicted molar refractivity (Wildman–Crippen MR) is 98.2 cm³/mol. The van der Waals surface area contributed by atoms with Gasteiger partial charge >= 0.3 is 0 Å². The van der Waals surface area contributed by atoms with Crippen molar-refractivity contribution >= 4 is 22.5 Å². The lowest BCUT2D eigenvalue weighted by Gasteiger charge is -2.12. The fraction of sp³-hybridized carbons (Fsp3) is 0.0500. The summed E-state index contributed by atoms with van der Waals surface area (Å²) >= 11 is 5.95. The van der Waals surface area contributed by atoms with E-state index in [4.69, 9.17) is 16.0 Å². The van der Waals surface area contributed by atoms with Crippen molar-refractivity contribution in [3.8, 4) is 16.9 Å². The maximum Gasteiger partial charge on any atom is 0.252 e. The van der Waals surface area contributed by atoms with E-state index in [1.165, 1.54) is 0 Å². The zero-order valence-electron chi connectivity index (χ0n) is 13.1. The average Bonchev–Trinajstić information content (AvgIpc) is 3.11. The lowest BCUT2D eigenvalue weighted by atomic mass is 9.94. The number of fused-ring (bicyclic) bond motifs is 1. The number of pyridine rings is 1. The van der Waals surface area contributed by atoms with Crippen molar-refractivity contribution in [2.24, 2.45) is 0 Å². The minimum Gasteiger partial charge on any atom is -0.508 e. The molecule has 25 heavy (non-hydrogen) atoms. The third kappa shape index (κ3) is 2.92. The van der Waals surface area contributed by atoms with Gasteiger partial charge in [-0.15, -0.1) is 0 Å². The molecule has 0 amide bonds. The number of furan rings is 1. The molecule has 2 heterocycles. The van der Waals surface area contributed by atoms with Gasteiger partial charge in [-0.3, -0.25) is 4.79 Å². The largest absolute Gasteiger partial charge is 0.508 e. The van der Waals surface area contributed by atoms with Gasteiger partial charge in [0, 0.05) is 39.6 Å². The highest BCUT2D eigenvalue weighted by Gasteiger charge is 2.16. The second-order valence-electron chi connectivity index (χ2n) is 5.85. The number of hydrogen-bond donors (Lipinski definition) is 2. The number of rotatable bonds is 3. The Balaban J connectivity index is 1.97. The molecule has 4 nitrogen and oxygen atoms in total. The summed E-state index contributed by atoms with van der Waals surface area (Å²) in [4.78, 5) is 15.6. The van der Waals surface area contributed by atoms with Crippen molar-refractivity contribution in [2.75, 3.05) is 0 Å². The van der Waals surface area contributed by atoms with Crippen molar-refractivity contribution in [3.63, 3.8) is 0 Å². The molecule has 4 rings (SSSR count). The summed E-state index contributed by atoms with van der Waals surface area (Å²) in [5.74, 6) is 0.103. The molecule has 2 N–H and O–H groups in total. The molecule has 0 bridgehead atoms. The Morgan fingerprint density at radius 3 is 2.60 bits per heavy atom. The first-order valence-corrected chi connectivity index (χ1v) is 8.14. The number of nitrogens with one attached hydrogen (secondary N) is 1. The zero-order chi connectivity index (χ0) is 17.4. The van der Waals surface area contributed by atoms with Gasteiger partial charge < -0.3 is 14.5 Å². The normalized spacial score (nSPS) is 11.1. The number of aromatic hydroxyl groups is 1. The van der Waals surface area contributed by atoms with Gasteiger partial charge in [-0.1, -0.05) is 23.7 Å². The van der Waals surface area contributed by atoms with Crippen LogP contribution in [0.2, 0.25) is 5.02 Å². The highest BCUT2D eigenvalue weighted by atomic mass is 35.5. The fourth-order valence-corrected chi connectivity index (χ4v) is 3.16. The maximum atomic E-state index is 12.7. The first-order valence-electron chi connectivity index (χ1n) is 7.77. The molecule has 0 fully saturated rings. The van der Waals surface area contributed by atoms with E-state index in [-0.39, 0.29) is 11.3 Å². The average molecular weight is 352 g/mol. The Hall–Kier alpha value is -2.98. The molecule has 0 saturated carbocycles. The number of phenols is 1. The molecular weight excluding hydrogens is 338 g/mol. The molecular formula is C20H14ClNO3. The topological polar surface area (TPSA) is 66.2 Å². The smallest absolute Gasteiger partial charge is 0.252 e. The van der Waals surface area contributed by atoms with Gasteiger partial charge in [0.05, 0.1) is 18.0 Å². The Labute approximate surface area is 148 Å². The number of hydrogen-bond acceptors (Lipinski definition) is 3. The van der Waals surface area contributed by atoms with Crippen LogP contribution in [0.4, 0.5) is 0 Å². The van der Waals surface area contributed by atoms with Crippen molar-refractivity contribution in [2.45, 2.75) is 6.42 Å². The van der Waals surface area contributed by atoms with E-state index in [2.05, 4.69) is 4.98 Å². The zero-order valence-corrected chi connectivity index (χ0v) is 13.9. The molecule has 124 valence electrons. The van der Waals surface area contributed by atoms with Crippen molar-refractivity contribution in [1.29, 1.82) is 0 Å². The second-order valence-corrected chi connectivity index (χ2v) is 6.29. The highest BCUT2D eigenvalue weighted by Crippen LogP contribution is 2.32. The number of halogens is 1. The van der Waals surface area contributed by atoms with Crippen molar-refractivity contribution in [1.82, 2.24) is 4.98 Å². The summed E-state index contributed by atoms with van der Waals surface area (Å²) in [6.07, 6.45) is 3.66. The number of phenolic OH excluding ortho intramolecular Hbond substituents is 1. The SMILES string of the molecule is O=c1[nH]c2cc(O)ccc2c(-c2ccoc2)c1Cc1ccc(Cl)cc1. The van der Waals surface area contributed by atoms with Crippen molar-refractivity contribution in [3.05, 3.63) is 87.6 Å². The Morgan fingerprint density at radius 2 is 1.88 bits per heavy atom. The van der Waals surface area contributed by atoms with E-state index in [1.54, 1.807) is 30.7 Å².